The van der Waals surface area contributed by atoms with Gasteiger partial charge in [-0.15, -0.1) is 0 Å². The fraction of sp³-hybridized carbons (Fsp3) is 0.185. The van der Waals surface area contributed by atoms with Gasteiger partial charge in [0, 0.05) is 5.69 Å². The summed E-state index contributed by atoms with van der Waals surface area (Å²) in [5.41, 5.74) is 3.38. The van der Waals surface area contributed by atoms with Gasteiger partial charge in [-0.2, -0.15) is 5.26 Å². The molecule has 168 valence electrons. The van der Waals surface area contributed by atoms with Crippen molar-refractivity contribution in [1.29, 1.82) is 5.26 Å². The van der Waals surface area contributed by atoms with Gasteiger partial charge in [0.25, 0.3) is 5.91 Å². The van der Waals surface area contributed by atoms with Gasteiger partial charge in [0.15, 0.2) is 11.5 Å². The number of halogens is 1. The summed E-state index contributed by atoms with van der Waals surface area (Å²) in [6.07, 6.45) is 2.31. The fourth-order valence-electron chi connectivity index (χ4n) is 3.26. The molecule has 1 amide bonds. The van der Waals surface area contributed by atoms with Crippen molar-refractivity contribution in [2.45, 2.75) is 26.9 Å². The van der Waals surface area contributed by atoms with Crippen molar-refractivity contribution in [3.8, 4) is 17.6 Å². The van der Waals surface area contributed by atoms with Crippen LogP contribution < -0.4 is 14.8 Å². The molecule has 3 aromatic carbocycles. The molecule has 1 N–H and O–H groups in total. The number of anilines is 1. The van der Waals surface area contributed by atoms with E-state index in [0.717, 1.165) is 17.5 Å². The second-order valence-corrected chi connectivity index (χ2v) is 8.03. The van der Waals surface area contributed by atoms with Crippen LogP contribution in [-0.4, -0.2) is 12.5 Å². The molecular weight excluding hydrogens is 480 g/mol. The number of hydrogen-bond acceptors (Lipinski definition) is 4. The molecular formula is C27H25BrN2O3. The largest absolute Gasteiger partial charge is 0.490 e. The lowest BCUT2D eigenvalue weighted by Gasteiger charge is -2.15. The van der Waals surface area contributed by atoms with E-state index in [9.17, 15) is 10.1 Å². The second kappa shape index (κ2) is 11.9. The highest BCUT2D eigenvalue weighted by molar-refractivity contribution is 9.10. The maximum atomic E-state index is 12.8. The number of carbonyl (C=O) groups excluding carboxylic acids is 1. The topological polar surface area (TPSA) is 71.3 Å². The van der Waals surface area contributed by atoms with Crippen molar-refractivity contribution in [2.24, 2.45) is 0 Å². The first-order valence-electron chi connectivity index (χ1n) is 10.7. The molecule has 33 heavy (non-hydrogen) atoms. The summed E-state index contributed by atoms with van der Waals surface area (Å²) in [5, 5.41) is 12.5. The molecule has 0 saturated heterocycles. The molecule has 0 bridgehead atoms. The molecule has 0 aliphatic carbocycles. The Balaban J connectivity index is 1.86. The highest BCUT2D eigenvalue weighted by Gasteiger charge is 2.15. The monoisotopic (exact) mass is 504 g/mol. The van der Waals surface area contributed by atoms with Crippen LogP contribution in [0.3, 0.4) is 0 Å². The van der Waals surface area contributed by atoms with Gasteiger partial charge in [0.2, 0.25) is 0 Å². The molecule has 0 saturated carbocycles. The van der Waals surface area contributed by atoms with E-state index < -0.39 is 5.91 Å². The Morgan fingerprint density at radius 2 is 1.79 bits per heavy atom. The van der Waals surface area contributed by atoms with E-state index in [1.54, 1.807) is 12.1 Å². The third-order valence-corrected chi connectivity index (χ3v) is 5.47. The van der Waals surface area contributed by atoms with Gasteiger partial charge in [0.1, 0.15) is 18.2 Å². The van der Waals surface area contributed by atoms with Crippen LogP contribution in [0.5, 0.6) is 11.5 Å². The first-order chi connectivity index (χ1) is 16.0. The lowest BCUT2D eigenvalue weighted by molar-refractivity contribution is -0.112. The van der Waals surface area contributed by atoms with Crippen molar-refractivity contribution < 1.29 is 14.3 Å². The maximum absolute atomic E-state index is 12.8. The normalized spacial score (nSPS) is 10.9. The number of benzene rings is 3. The van der Waals surface area contributed by atoms with Gasteiger partial charge in [0.05, 0.1) is 11.1 Å². The molecule has 6 heteroatoms. The summed E-state index contributed by atoms with van der Waals surface area (Å²) in [4.78, 5) is 12.8. The summed E-state index contributed by atoms with van der Waals surface area (Å²) in [7, 11) is 0. The van der Waals surface area contributed by atoms with Crippen molar-refractivity contribution in [3.05, 3.63) is 93.5 Å². The van der Waals surface area contributed by atoms with Gasteiger partial charge in [-0.25, -0.2) is 0 Å². The number of nitrogens with zero attached hydrogens (tertiary/aromatic N) is 1. The number of rotatable bonds is 9. The Bertz CT molecular complexity index is 1180. The molecule has 0 aliphatic rings. The highest BCUT2D eigenvalue weighted by Crippen LogP contribution is 2.38. The van der Waals surface area contributed by atoms with Crippen molar-refractivity contribution >= 4 is 33.6 Å². The molecule has 5 nitrogen and oxygen atoms in total. The lowest BCUT2D eigenvalue weighted by Crippen LogP contribution is -2.14. The quantitative estimate of drug-likeness (QED) is 0.265. The van der Waals surface area contributed by atoms with Crippen LogP contribution >= 0.6 is 15.9 Å². The number of nitriles is 1. The Hall–Kier alpha value is -3.56. The molecule has 3 aromatic rings. The van der Waals surface area contributed by atoms with E-state index >= 15 is 0 Å². The van der Waals surface area contributed by atoms with E-state index in [1.165, 1.54) is 6.08 Å². The third-order valence-electron chi connectivity index (χ3n) is 4.88. The van der Waals surface area contributed by atoms with E-state index in [4.69, 9.17) is 9.47 Å². The van der Waals surface area contributed by atoms with Crippen LogP contribution in [-0.2, 0) is 17.8 Å². The van der Waals surface area contributed by atoms with Gasteiger partial charge in [-0.3, -0.25) is 4.79 Å². The summed E-state index contributed by atoms with van der Waals surface area (Å²) in [6.45, 7) is 4.73. The average Bonchev–Trinajstić information content (AvgIpc) is 2.83. The molecule has 0 atom stereocenters. The van der Waals surface area contributed by atoms with Crippen LogP contribution in [0.15, 0.2) is 76.8 Å². The van der Waals surface area contributed by atoms with Crippen molar-refractivity contribution in [1.82, 2.24) is 0 Å². The van der Waals surface area contributed by atoms with Gasteiger partial charge >= 0.3 is 0 Å². The van der Waals surface area contributed by atoms with Crippen molar-refractivity contribution in [2.75, 3.05) is 11.9 Å². The molecule has 0 heterocycles. The zero-order valence-corrected chi connectivity index (χ0v) is 20.2. The predicted molar refractivity (Wildman–Crippen MR) is 134 cm³/mol. The van der Waals surface area contributed by atoms with Gasteiger partial charge in [-0.05, 0) is 70.2 Å². The summed E-state index contributed by atoms with van der Waals surface area (Å²) in [5.74, 6) is 0.637. The average molecular weight is 505 g/mol. The molecule has 3 rings (SSSR count). The minimum atomic E-state index is -0.461. The van der Waals surface area contributed by atoms with E-state index in [-0.39, 0.29) is 5.57 Å². The molecule has 0 radical (unpaired) electrons. The SMILES string of the molecule is CCOc1cc(/C=C(\C#N)C(=O)Nc2ccccc2CC)cc(Br)c1OCc1ccccc1. The minimum Gasteiger partial charge on any atom is -0.490 e. The van der Waals surface area contributed by atoms with Crippen LogP contribution in [0, 0.1) is 11.3 Å². The van der Waals surface area contributed by atoms with Crippen LogP contribution in [0.1, 0.15) is 30.5 Å². The summed E-state index contributed by atoms with van der Waals surface area (Å²) < 4.78 is 12.5. The fourth-order valence-corrected chi connectivity index (χ4v) is 3.83. The molecule has 0 aliphatic heterocycles. The van der Waals surface area contributed by atoms with Crippen LogP contribution in [0.4, 0.5) is 5.69 Å². The Labute approximate surface area is 202 Å². The third kappa shape index (κ3) is 6.47. The zero-order valence-electron chi connectivity index (χ0n) is 18.6. The standard InChI is InChI=1S/C27H25BrN2O3/c1-3-21-12-8-9-13-24(21)30-27(31)22(17-29)14-20-15-23(28)26(25(16-20)32-4-2)33-18-19-10-6-5-7-11-19/h5-16H,3-4,18H2,1-2H3,(H,30,31)/b22-14+. The summed E-state index contributed by atoms with van der Waals surface area (Å²) >= 11 is 3.55. The Morgan fingerprint density at radius 1 is 1.06 bits per heavy atom. The van der Waals surface area contributed by atoms with Crippen molar-refractivity contribution in [3.63, 3.8) is 0 Å². The zero-order chi connectivity index (χ0) is 23.6. The number of nitrogens with one attached hydrogen (secondary N) is 1. The van der Waals surface area contributed by atoms with E-state index in [1.807, 2.05) is 74.5 Å². The smallest absolute Gasteiger partial charge is 0.266 e. The Morgan fingerprint density at radius 3 is 2.48 bits per heavy atom. The first-order valence-corrected chi connectivity index (χ1v) is 11.5. The highest BCUT2D eigenvalue weighted by atomic mass is 79.9. The van der Waals surface area contributed by atoms with Crippen LogP contribution in [0.25, 0.3) is 6.08 Å². The number of hydrogen-bond donors (Lipinski definition) is 1. The summed E-state index contributed by atoms with van der Waals surface area (Å²) in [6, 6.07) is 23.0. The molecule has 0 aromatic heterocycles. The number of aryl methyl sites for hydroxylation is 1. The number of carbonyl (C=O) groups is 1. The van der Waals surface area contributed by atoms with E-state index in [2.05, 4.69) is 21.2 Å². The number of ether oxygens (including phenoxy) is 2. The van der Waals surface area contributed by atoms with Gasteiger partial charge in [-0.1, -0.05) is 55.5 Å². The molecule has 0 fully saturated rings. The van der Waals surface area contributed by atoms with Crippen LogP contribution in [0.2, 0.25) is 0 Å². The Kier molecular flexibility index (Phi) is 8.68. The second-order valence-electron chi connectivity index (χ2n) is 7.17. The minimum absolute atomic E-state index is 0.00629. The molecule has 0 unspecified atom stereocenters. The molecule has 0 spiro atoms. The predicted octanol–water partition coefficient (Wildman–Crippen LogP) is 6.53. The first kappa shape index (κ1) is 24.1. The number of amides is 1. The maximum Gasteiger partial charge on any atom is 0.266 e. The van der Waals surface area contributed by atoms with Gasteiger partial charge < -0.3 is 14.8 Å². The number of para-hydroxylation sites is 1. The van der Waals surface area contributed by atoms with E-state index in [0.29, 0.717) is 40.4 Å². The lowest BCUT2D eigenvalue weighted by atomic mass is 10.1.